The van der Waals surface area contributed by atoms with Crippen LogP contribution in [0.25, 0.3) is 0 Å². The van der Waals surface area contributed by atoms with Crippen molar-refractivity contribution in [1.82, 2.24) is 5.32 Å². The topological polar surface area (TPSA) is 46.2 Å². The van der Waals surface area contributed by atoms with Crippen LogP contribution in [0.1, 0.15) is 16.8 Å². The van der Waals surface area contributed by atoms with Crippen molar-refractivity contribution >= 4 is 23.8 Å². The highest BCUT2D eigenvalue weighted by Gasteiger charge is 2.07. The second kappa shape index (κ2) is 5.40. The Hall–Kier alpha value is -1.35. The van der Waals surface area contributed by atoms with Gasteiger partial charge in [0.1, 0.15) is 6.29 Å². The minimum absolute atomic E-state index is 0.252. The minimum Gasteiger partial charge on any atom is -0.352 e. The van der Waals surface area contributed by atoms with Crippen LogP contribution >= 0.6 is 11.6 Å². The summed E-state index contributed by atoms with van der Waals surface area (Å²) in [6.45, 7) is 0.341. The van der Waals surface area contributed by atoms with Crippen molar-refractivity contribution in [2.75, 3.05) is 6.54 Å². The van der Waals surface area contributed by atoms with Gasteiger partial charge in [0, 0.05) is 13.0 Å². The van der Waals surface area contributed by atoms with Gasteiger partial charge in [0.05, 0.1) is 10.6 Å². The normalized spacial score (nSPS) is 9.50. The van der Waals surface area contributed by atoms with E-state index in [0.29, 0.717) is 23.6 Å². The van der Waals surface area contributed by atoms with Gasteiger partial charge >= 0.3 is 0 Å². The second-order valence-electron chi connectivity index (χ2n) is 2.69. The van der Waals surface area contributed by atoms with Crippen molar-refractivity contribution in [2.24, 2.45) is 0 Å². The maximum Gasteiger partial charge on any atom is 0.252 e. The summed E-state index contributed by atoms with van der Waals surface area (Å²) >= 11 is 5.80. The van der Waals surface area contributed by atoms with Gasteiger partial charge in [0.15, 0.2) is 0 Å². The third-order valence-corrected chi connectivity index (χ3v) is 2.00. The molecule has 0 radical (unpaired) electrons. The number of amides is 1. The average Bonchev–Trinajstić information content (AvgIpc) is 2.18. The fourth-order valence-electron chi connectivity index (χ4n) is 0.985. The van der Waals surface area contributed by atoms with E-state index < -0.39 is 0 Å². The molecule has 1 amide bonds. The summed E-state index contributed by atoms with van der Waals surface area (Å²) in [5, 5.41) is 3.00. The fraction of sp³-hybridized carbons (Fsp3) is 0.200. The first-order valence-electron chi connectivity index (χ1n) is 4.22. The van der Waals surface area contributed by atoms with Gasteiger partial charge in [-0.3, -0.25) is 4.79 Å². The molecule has 74 valence electrons. The largest absolute Gasteiger partial charge is 0.352 e. The molecular formula is C10H10ClNO2. The van der Waals surface area contributed by atoms with Crippen molar-refractivity contribution in [3.8, 4) is 0 Å². The van der Waals surface area contributed by atoms with Gasteiger partial charge in [-0.25, -0.2) is 0 Å². The molecule has 1 aromatic carbocycles. The SMILES string of the molecule is O=CCCNC(=O)c1ccccc1Cl. The summed E-state index contributed by atoms with van der Waals surface area (Å²) in [7, 11) is 0. The molecule has 14 heavy (non-hydrogen) atoms. The molecule has 0 aliphatic rings. The van der Waals surface area contributed by atoms with Gasteiger partial charge in [-0.1, -0.05) is 23.7 Å². The molecule has 1 rings (SSSR count). The molecule has 0 spiro atoms. The fourth-order valence-corrected chi connectivity index (χ4v) is 1.21. The average molecular weight is 212 g/mol. The van der Waals surface area contributed by atoms with Crippen molar-refractivity contribution in [1.29, 1.82) is 0 Å². The smallest absolute Gasteiger partial charge is 0.252 e. The van der Waals surface area contributed by atoms with E-state index in [0.717, 1.165) is 6.29 Å². The van der Waals surface area contributed by atoms with E-state index in [1.807, 2.05) is 0 Å². The molecule has 0 atom stereocenters. The summed E-state index contributed by atoms with van der Waals surface area (Å²) in [4.78, 5) is 21.4. The summed E-state index contributed by atoms with van der Waals surface area (Å²) < 4.78 is 0. The molecular weight excluding hydrogens is 202 g/mol. The Morgan fingerprint density at radius 2 is 2.14 bits per heavy atom. The van der Waals surface area contributed by atoms with Gasteiger partial charge in [0.25, 0.3) is 5.91 Å². The second-order valence-corrected chi connectivity index (χ2v) is 3.10. The van der Waals surface area contributed by atoms with Crippen molar-refractivity contribution in [2.45, 2.75) is 6.42 Å². The van der Waals surface area contributed by atoms with Gasteiger partial charge in [-0.2, -0.15) is 0 Å². The Balaban J connectivity index is 2.60. The molecule has 0 heterocycles. The van der Waals surface area contributed by atoms with Gasteiger partial charge in [0.2, 0.25) is 0 Å². The van der Waals surface area contributed by atoms with Crippen LogP contribution in [0.5, 0.6) is 0 Å². The Labute approximate surface area is 87.1 Å². The highest BCUT2D eigenvalue weighted by atomic mass is 35.5. The number of benzene rings is 1. The standard InChI is InChI=1S/C10H10ClNO2/c11-9-5-2-1-4-8(9)10(14)12-6-3-7-13/h1-2,4-5,7H,3,6H2,(H,12,14). The maximum absolute atomic E-state index is 11.4. The predicted octanol–water partition coefficient (Wildman–Crippen LogP) is 1.66. The van der Waals surface area contributed by atoms with Crippen LogP contribution < -0.4 is 5.32 Å². The van der Waals surface area contributed by atoms with E-state index in [9.17, 15) is 9.59 Å². The van der Waals surface area contributed by atoms with E-state index in [-0.39, 0.29) is 5.91 Å². The summed E-state index contributed by atoms with van der Waals surface area (Å²) in [6.07, 6.45) is 1.07. The first-order valence-corrected chi connectivity index (χ1v) is 4.60. The number of hydrogen-bond acceptors (Lipinski definition) is 2. The lowest BCUT2D eigenvalue weighted by Crippen LogP contribution is -2.24. The van der Waals surface area contributed by atoms with Gasteiger partial charge in [-0.15, -0.1) is 0 Å². The lowest BCUT2D eigenvalue weighted by molar-refractivity contribution is -0.107. The first kappa shape index (κ1) is 10.7. The molecule has 0 aliphatic heterocycles. The molecule has 3 nitrogen and oxygen atoms in total. The van der Waals surface area contributed by atoms with Crippen molar-refractivity contribution in [3.63, 3.8) is 0 Å². The highest BCUT2D eigenvalue weighted by molar-refractivity contribution is 6.33. The Morgan fingerprint density at radius 1 is 1.43 bits per heavy atom. The van der Waals surface area contributed by atoms with Crippen molar-refractivity contribution in [3.05, 3.63) is 34.9 Å². The van der Waals surface area contributed by atoms with E-state index >= 15 is 0 Å². The predicted molar refractivity (Wildman–Crippen MR) is 54.5 cm³/mol. The van der Waals surface area contributed by atoms with Gasteiger partial charge in [-0.05, 0) is 12.1 Å². The van der Waals surface area contributed by atoms with Crippen LogP contribution in [-0.2, 0) is 4.79 Å². The molecule has 1 N–H and O–H groups in total. The summed E-state index contributed by atoms with van der Waals surface area (Å²) in [5.41, 5.74) is 0.431. The zero-order valence-electron chi connectivity index (χ0n) is 7.50. The number of carbonyl (C=O) groups excluding carboxylic acids is 2. The number of halogens is 1. The van der Waals surface area contributed by atoms with E-state index in [2.05, 4.69) is 5.32 Å². The quantitative estimate of drug-likeness (QED) is 0.608. The molecule has 0 saturated heterocycles. The highest BCUT2D eigenvalue weighted by Crippen LogP contribution is 2.14. The number of nitrogens with one attached hydrogen (secondary N) is 1. The zero-order chi connectivity index (χ0) is 10.4. The van der Waals surface area contributed by atoms with Crippen LogP contribution in [0.3, 0.4) is 0 Å². The number of rotatable bonds is 4. The molecule has 1 aromatic rings. The monoisotopic (exact) mass is 211 g/mol. The summed E-state index contributed by atoms with van der Waals surface area (Å²) in [6, 6.07) is 6.78. The third kappa shape index (κ3) is 2.85. The maximum atomic E-state index is 11.4. The van der Waals surface area contributed by atoms with Crippen LogP contribution in [0.15, 0.2) is 24.3 Å². The van der Waals surface area contributed by atoms with Crippen LogP contribution in [0.2, 0.25) is 5.02 Å². The molecule has 0 fully saturated rings. The first-order chi connectivity index (χ1) is 6.75. The number of hydrogen-bond donors (Lipinski definition) is 1. The van der Waals surface area contributed by atoms with Gasteiger partial charge < -0.3 is 10.1 Å². The lowest BCUT2D eigenvalue weighted by atomic mass is 10.2. The lowest BCUT2D eigenvalue weighted by Gasteiger charge is -2.04. The Kier molecular flexibility index (Phi) is 4.13. The minimum atomic E-state index is -0.252. The van der Waals surface area contributed by atoms with E-state index in [4.69, 9.17) is 11.6 Å². The molecule has 0 saturated carbocycles. The number of aldehydes is 1. The molecule has 0 bridgehead atoms. The zero-order valence-corrected chi connectivity index (χ0v) is 8.25. The van der Waals surface area contributed by atoms with E-state index in [1.54, 1.807) is 24.3 Å². The Bertz CT molecular complexity index is 339. The van der Waals surface area contributed by atoms with Crippen molar-refractivity contribution < 1.29 is 9.59 Å². The van der Waals surface area contributed by atoms with E-state index in [1.165, 1.54) is 0 Å². The third-order valence-electron chi connectivity index (χ3n) is 1.67. The molecule has 0 aromatic heterocycles. The summed E-state index contributed by atoms with van der Waals surface area (Å²) in [5.74, 6) is -0.252. The molecule has 4 heteroatoms. The van der Waals surface area contributed by atoms with Crippen LogP contribution in [0.4, 0.5) is 0 Å². The number of carbonyl (C=O) groups is 2. The molecule has 0 aliphatic carbocycles. The van der Waals surface area contributed by atoms with Crippen LogP contribution in [0, 0.1) is 0 Å². The Morgan fingerprint density at radius 3 is 2.79 bits per heavy atom. The van der Waals surface area contributed by atoms with Crippen LogP contribution in [-0.4, -0.2) is 18.7 Å². The molecule has 0 unspecified atom stereocenters.